The molecule has 0 saturated carbocycles. The average molecular weight is 237 g/mol. The van der Waals surface area contributed by atoms with E-state index in [1.165, 1.54) is 6.07 Å². The molecule has 1 aliphatic heterocycles. The van der Waals surface area contributed by atoms with Crippen molar-refractivity contribution in [2.24, 2.45) is 0 Å². The molecule has 5 nitrogen and oxygen atoms in total. The van der Waals surface area contributed by atoms with Crippen LogP contribution in [-0.4, -0.2) is 30.4 Å². The van der Waals surface area contributed by atoms with Crippen molar-refractivity contribution < 1.29 is 19.4 Å². The number of hydrogen-bond donors (Lipinski definition) is 2. The second-order valence-electron chi connectivity index (χ2n) is 4.02. The number of nitrogens with two attached hydrogens (primary N) is 1. The van der Waals surface area contributed by atoms with Gasteiger partial charge in [0, 0.05) is 12.3 Å². The maximum absolute atomic E-state index is 11.0. The molecule has 1 aromatic carbocycles. The van der Waals surface area contributed by atoms with Crippen molar-refractivity contribution in [3.05, 3.63) is 23.8 Å². The van der Waals surface area contributed by atoms with E-state index in [0.29, 0.717) is 18.0 Å². The summed E-state index contributed by atoms with van der Waals surface area (Å²) in [7, 11) is 0. The number of carbonyl (C=O) groups is 1. The summed E-state index contributed by atoms with van der Waals surface area (Å²) in [4.78, 5) is 11.0. The summed E-state index contributed by atoms with van der Waals surface area (Å²) in [5.74, 6) is -0.689. The van der Waals surface area contributed by atoms with E-state index in [9.17, 15) is 4.79 Å². The van der Waals surface area contributed by atoms with Gasteiger partial charge in [-0.3, -0.25) is 0 Å². The minimum Gasteiger partial charge on any atom is -0.487 e. The third kappa shape index (κ3) is 2.88. The Morgan fingerprint density at radius 3 is 3.00 bits per heavy atom. The van der Waals surface area contributed by atoms with Crippen molar-refractivity contribution in [2.75, 3.05) is 18.9 Å². The minimum absolute atomic E-state index is 0.0783. The Morgan fingerprint density at radius 2 is 2.35 bits per heavy atom. The summed E-state index contributed by atoms with van der Waals surface area (Å²) in [5, 5.41) is 9.05. The van der Waals surface area contributed by atoms with Crippen LogP contribution in [0.1, 0.15) is 23.2 Å². The first-order valence-corrected chi connectivity index (χ1v) is 5.54. The molecule has 1 heterocycles. The topological polar surface area (TPSA) is 81.8 Å². The number of nitrogen functional groups attached to an aromatic ring is 1. The van der Waals surface area contributed by atoms with Gasteiger partial charge in [0.15, 0.2) is 0 Å². The highest BCUT2D eigenvalue weighted by molar-refractivity contribution is 5.92. The summed E-state index contributed by atoms with van der Waals surface area (Å²) in [6.07, 6.45) is 1.73. The smallest absolute Gasteiger partial charge is 0.339 e. The molecule has 0 aromatic heterocycles. The molecule has 17 heavy (non-hydrogen) atoms. The average Bonchev–Trinajstić information content (AvgIpc) is 2.32. The van der Waals surface area contributed by atoms with Crippen LogP contribution in [0.3, 0.4) is 0 Å². The second kappa shape index (κ2) is 5.05. The molecule has 1 fully saturated rings. The predicted molar refractivity (Wildman–Crippen MR) is 62.3 cm³/mol. The summed E-state index contributed by atoms with van der Waals surface area (Å²) < 4.78 is 10.9. The Kier molecular flexibility index (Phi) is 3.49. The molecular weight excluding hydrogens is 222 g/mol. The van der Waals surface area contributed by atoms with Gasteiger partial charge in [0.25, 0.3) is 0 Å². The van der Waals surface area contributed by atoms with Crippen LogP contribution >= 0.6 is 0 Å². The van der Waals surface area contributed by atoms with Crippen LogP contribution in [0.4, 0.5) is 5.69 Å². The van der Waals surface area contributed by atoms with Gasteiger partial charge >= 0.3 is 5.97 Å². The van der Waals surface area contributed by atoms with E-state index in [0.717, 1.165) is 19.4 Å². The van der Waals surface area contributed by atoms with E-state index in [1.807, 2.05) is 0 Å². The number of carboxylic acid groups (broad SMARTS) is 1. The van der Waals surface area contributed by atoms with Crippen molar-refractivity contribution in [1.29, 1.82) is 0 Å². The van der Waals surface area contributed by atoms with Gasteiger partial charge < -0.3 is 20.3 Å². The van der Waals surface area contributed by atoms with Crippen LogP contribution in [0.25, 0.3) is 0 Å². The largest absolute Gasteiger partial charge is 0.487 e. The summed E-state index contributed by atoms with van der Waals surface area (Å²) in [5.41, 5.74) is 6.06. The lowest BCUT2D eigenvalue weighted by Crippen LogP contribution is -2.28. The molecular formula is C12H15NO4. The fourth-order valence-corrected chi connectivity index (χ4v) is 1.80. The fraction of sp³-hybridized carbons (Fsp3) is 0.417. The van der Waals surface area contributed by atoms with Crippen molar-refractivity contribution >= 4 is 11.7 Å². The molecule has 1 atom stereocenters. The highest BCUT2D eigenvalue weighted by Gasteiger charge is 2.19. The fourth-order valence-electron chi connectivity index (χ4n) is 1.80. The number of ether oxygens (including phenoxy) is 2. The number of benzene rings is 1. The lowest BCUT2D eigenvalue weighted by atomic mass is 10.1. The molecule has 0 spiro atoms. The van der Waals surface area contributed by atoms with Gasteiger partial charge in [-0.05, 0) is 31.0 Å². The van der Waals surface area contributed by atoms with Crippen molar-refractivity contribution in [3.8, 4) is 5.75 Å². The lowest BCUT2D eigenvalue weighted by Gasteiger charge is -2.24. The van der Waals surface area contributed by atoms with Gasteiger partial charge in [-0.15, -0.1) is 0 Å². The molecule has 1 aromatic rings. The Hall–Kier alpha value is -1.75. The lowest BCUT2D eigenvalue weighted by molar-refractivity contribution is 0.00679. The summed E-state index contributed by atoms with van der Waals surface area (Å²) in [6, 6.07) is 4.63. The van der Waals surface area contributed by atoms with Gasteiger partial charge in [-0.1, -0.05) is 0 Å². The van der Waals surface area contributed by atoms with Gasteiger partial charge in [0.2, 0.25) is 0 Å². The number of aromatic carboxylic acids is 1. The van der Waals surface area contributed by atoms with Gasteiger partial charge in [-0.2, -0.15) is 0 Å². The molecule has 5 heteroatoms. The zero-order valence-corrected chi connectivity index (χ0v) is 9.39. The highest BCUT2D eigenvalue weighted by atomic mass is 16.5. The molecule has 2 rings (SSSR count). The highest BCUT2D eigenvalue weighted by Crippen LogP contribution is 2.24. The Bertz CT molecular complexity index is 413. The van der Waals surface area contributed by atoms with E-state index in [-0.39, 0.29) is 11.7 Å². The predicted octanol–water partition coefficient (Wildman–Crippen LogP) is 1.52. The van der Waals surface area contributed by atoms with Gasteiger partial charge in [0.05, 0.1) is 6.61 Å². The Labute approximate surface area is 99.1 Å². The normalized spacial score (nSPS) is 19.9. The number of carboxylic acids is 1. The number of rotatable bonds is 3. The van der Waals surface area contributed by atoms with E-state index in [2.05, 4.69) is 0 Å². The Balaban J connectivity index is 2.16. The maximum atomic E-state index is 11.0. The monoisotopic (exact) mass is 237 g/mol. The van der Waals surface area contributed by atoms with Crippen molar-refractivity contribution in [3.63, 3.8) is 0 Å². The van der Waals surface area contributed by atoms with Crippen LogP contribution in [0.2, 0.25) is 0 Å². The van der Waals surface area contributed by atoms with Gasteiger partial charge in [-0.25, -0.2) is 4.79 Å². The van der Waals surface area contributed by atoms with Gasteiger partial charge in [0.1, 0.15) is 17.4 Å². The first-order chi connectivity index (χ1) is 8.16. The standard InChI is InChI=1S/C12H15NO4/c13-8-3-4-11(10(6-8)12(14)15)17-9-2-1-5-16-7-9/h3-4,6,9H,1-2,5,7,13H2,(H,14,15). The number of hydrogen-bond acceptors (Lipinski definition) is 4. The van der Waals surface area contributed by atoms with Crippen LogP contribution in [-0.2, 0) is 4.74 Å². The molecule has 3 N–H and O–H groups in total. The summed E-state index contributed by atoms with van der Waals surface area (Å²) in [6.45, 7) is 1.25. The van der Waals surface area contributed by atoms with Crippen LogP contribution in [0, 0.1) is 0 Å². The molecule has 1 aliphatic rings. The third-order valence-corrected chi connectivity index (χ3v) is 2.65. The molecule has 0 bridgehead atoms. The third-order valence-electron chi connectivity index (χ3n) is 2.65. The van der Waals surface area contributed by atoms with E-state index < -0.39 is 5.97 Å². The molecule has 92 valence electrons. The van der Waals surface area contributed by atoms with Crippen LogP contribution < -0.4 is 10.5 Å². The Morgan fingerprint density at radius 1 is 1.53 bits per heavy atom. The summed E-state index contributed by atoms with van der Waals surface area (Å²) >= 11 is 0. The maximum Gasteiger partial charge on any atom is 0.339 e. The first-order valence-electron chi connectivity index (χ1n) is 5.54. The second-order valence-corrected chi connectivity index (χ2v) is 4.02. The molecule has 0 aliphatic carbocycles. The molecule has 1 unspecified atom stereocenters. The van der Waals surface area contributed by atoms with E-state index in [4.69, 9.17) is 20.3 Å². The van der Waals surface area contributed by atoms with Crippen molar-refractivity contribution in [2.45, 2.75) is 18.9 Å². The molecule has 0 amide bonds. The van der Waals surface area contributed by atoms with Crippen LogP contribution in [0.5, 0.6) is 5.75 Å². The SMILES string of the molecule is Nc1ccc(OC2CCCOC2)c(C(=O)O)c1. The van der Waals surface area contributed by atoms with E-state index >= 15 is 0 Å². The molecule has 1 saturated heterocycles. The molecule has 0 radical (unpaired) electrons. The quantitative estimate of drug-likeness (QED) is 0.779. The number of anilines is 1. The first kappa shape index (κ1) is 11.7. The zero-order chi connectivity index (χ0) is 12.3. The van der Waals surface area contributed by atoms with E-state index in [1.54, 1.807) is 12.1 Å². The zero-order valence-electron chi connectivity index (χ0n) is 9.39. The van der Waals surface area contributed by atoms with Crippen LogP contribution in [0.15, 0.2) is 18.2 Å². The van der Waals surface area contributed by atoms with Crippen molar-refractivity contribution in [1.82, 2.24) is 0 Å². The minimum atomic E-state index is -1.04.